The fraction of sp³-hybridized carbons (Fsp3) is 0.947. The van der Waals surface area contributed by atoms with Crippen molar-refractivity contribution in [3.8, 4) is 0 Å². The van der Waals surface area contributed by atoms with Crippen LogP contribution in [0, 0.1) is 53.3 Å². The predicted molar refractivity (Wildman–Crippen MR) is 179 cm³/mol. The number of ether oxygens (including phenoxy) is 7. The molecule has 0 aliphatic carbocycles. The molecule has 0 aromatic carbocycles. The number of Topliss-reactive ketones (excluding diaryl/α,β-unsaturated/α-hetero) is 2. The summed E-state index contributed by atoms with van der Waals surface area (Å²) in [5.41, 5.74) is 0. The van der Waals surface area contributed by atoms with Gasteiger partial charge in [0, 0.05) is 17.8 Å². The molecule has 0 saturated carbocycles. The standard InChI is InChI=1S/C38H66O9/c1-15-29-32(20(6)18(4)28(14)41-29)44-38-25(11)22(8)34(35(47-38)27(13)40)46-36-24(10)21(7)33(30(16-2)42-36)45-37-23(9)17(3)19(5)31(43-37)26(12)39/h17-25,28-38H,15-16H2,1-14H3/t17-,18?,19-,20+,21+,22?,23?,24?,25-,28?,29?,30?,31?,32-,33-,34+,35?,36-,37-,38+/m0/s1. The van der Waals surface area contributed by atoms with Gasteiger partial charge in [0.25, 0.3) is 0 Å². The summed E-state index contributed by atoms with van der Waals surface area (Å²) in [6.07, 6.45) is -2.17. The minimum atomic E-state index is -0.772. The molecular formula is C38H66O9. The van der Waals surface area contributed by atoms with Crippen molar-refractivity contribution < 1.29 is 42.7 Å². The monoisotopic (exact) mass is 666 g/mol. The van der Waals surface area contributed by atoms with Crippen molar-refractivity contribution in [2.24, 2.45) is 53.3 Å². The van der Waals surface area contributed by atoms with Crippen LogP contribution in [0.25, 0.3) is 0 Å². The van der Waals surface area contributed by atoms with E-state index in [-0.39, 0.29) is 83.5 Å². The summed E-state index contributed by atoms with van der Waals surface area (Å²) in [6, 6.07) is 0. The molecule has 0 aromatic heterocycles. The molecule has 272 valence electrons. The van der Waals surface area contributed by atoms with Crippen molar-refractivity contribution in [1.82, 2.24) is 0 Å². The smallest absolute Gasteiger partial charge is 0.162 e. The van der Waals surface area contributed by atoms with Crippen LogP contribution in [0.3, 0.4) is 0 Å². The maximum atomic E-state index is 13.1. The molecule has 4 aliphatic rings. The minimum absolute atomic E-state index is 0.0202. The fourth-order valence-corrected chi connectivity index (χ4v) is 8.37. The first kappa shape index (κ1) is 38.9. The average molecular weight is 667 g/mol. The van der Waals surface area contributed by atoms with Crippen molar-refractivity contribution in [1.29, 1.82) is 0 Å². The van der Waals surface area contributed by atoms with Gasteiger partial charge >= 0.3 is 0 Å². The Labute approximate surface area is 284 Å². The molecule has 0 radical (unpaired) electrons. The minimum Gasteiger partial charge on any atom is -0.372 e. The van der Waals surface area contributed by atoms with E-state index in [1.165, 1.54) is 0 Å². The first-order valence-corrected chi connectivity index (χ1v) is 18.6. The van der Waals surface area contributed by atoms with Gasteiger partial charge in [0.15, 0.2) is 30.4 Å². The molecule has 9 nitrogen and oxygen atoms in total. The quantitative estimate of drug-likeness (QED) is 0.249. The van der Waals surface area contributed by atoms with Gasteiger partial charge in [-0.25, -0.2) is 0 Å². The lowest BCUT2D eigenvalue weighted by atomic mass is 9.77. The third kappa shape index (κ3) is 7.87. The van der Waals surface area contributed by atoms with Gasteiger partial charge in [-0.1, -0.05) is 76.2 Å². The number of ketones is 2. The van der Waals surface area contributed by atoms with Crippen LogP contribution in [0.4, 0.5) is 0 Å². The highest BCUT2D eigenvalue weighted by Gasteiger charge is 2.52. The maximum Gasteiger partial charge on any atom is 0.162 e. The maximum absolute atomic E-state index is 13.1. The molecule has 9 unspecified atom stereocenters. The molecule has 0 spiro atoms. The number of hydrogen-bond donors (Lipinski definition) is 0. The Balaban J connectivity index is 1.47. The Hall–Kier alpha value is -0.940. The summed E-state index contributed by atoms with van der Waals surface area (Å²) in [4.78, 5) is 25.5. The third-order valence-electron chi connectivity index (χ3n) is 13.0. The first-order chi connectivity index (χ1) is 22.0. The van der Waals surface area contributed by atoms with Gasteiger partial charge in [0.2, 0.25) is 0 Å². The zero-order valence-electron chi connectivity index (χ0n) is 31.6. The Kier molecular flexibility index (Phi) is 13.2. The van der Waals surface area contributed by atoms with E-state index in [1.54, 1.807) is 13.8 Å². The van der Waals surface area contributed by atoms with Gasteiger partial charge in [-0.2, -0.15) is 0 Å². The molecular weight excluding hydrogens is 600 g/mol. The molecule has 0 bridgehead atoms. The molecule has 4 saturated heterocycles. The number of rotatable bonds is 10. The molecule has 0 amide bonds. The second kappa shape index (κ2) is 15.9. The lowest BCUT2D eigenvalue weighted by Gasteiger charge is -2.51. The SMILES string of the molecule is CCC1OC(C)C(C)[C@@H](C)[C@@H]1O[C@@H]1OC(C(C)=O)[C@H](O[C@@H]2OC(CC)[C@@H](O[C@@H]3OC(C(C)=O)[C@@H](C)[C@H](C)C3C)[C@H](C)C2C)C(C)[C@@H]1C. The summed E-state index contributed by atoms with van der Waals surface area (Å²) < 4.78 is 46.1. The van der Waals surface area contributed by atoms with E-state index in [4.69, 9.17) is 33.2 Å². The van der Waals surface area contributed by atoms with Gasteiger partial charge in [0.05, 0.1) is 36.6 Å². The van der Waals surface area contributed by atoms with E-state index in [9.17, 15) is 9.59 Å². The Morgan fingerprint density at radius 2 is 0.830 bits per heavy atom. The van der Waals surface area contributed by atoms with Crippen molar-refractivity contribution in [3.05, 3.63) is 0 Å². The molecule has 0 aromatic rings. The highest BCUT2D eigenvalue weighted by atomic mass is 16.7. The summed E-state index contributed by atoms with van der Waals surface area (Å²) in [6.45, 7) is 28.9. The van der Waals surface area contributed by atoms with Crippen LogP contribution in [-0.4, -0.2) is 79.3 Å². The highest BCUT2D eigenvalue weighted by Crippen LogP contribution is 2.44. The Bertz CT molecular complexity index is 1050. The van der Waals surface area contributed by atoms with Gasteiger partial charge < -0.3 is 33.2 Å². The van der Waals surface area contributed by atoms with Gasteiger partial charge in [-0.15, -0.1) is 0 Å². The van der Waals surface area contributed by atoms with Gasteiger partial charge in [-0.05, 0) is 69.1 Å². The van der Waals surface area contributed by atoms with Crippen molar-refractivity contribution in [3.63, 3.8) is 0 Å². The first-order valence-electron chi connectivity index (χ1n) is 18.6. The average Bonchev–Trinajstić information content (AvgIpc) is 3.03. The molecule has 0 N–H and O–H groups in total. The molecule has 4 aliphatic heterocycles. The van der Waals surface area contributed by atoms with Gasteiger partial charge in [0.1, 0.15) is 12.2 Å². The van der Waals surface area contributed by atoms with Crippen LogP contribution in [-0.2, 0) is 42.7 Å². The summed E-state index contributed by atoms with van der Waals surface area (Å²) in [5, 5.41) is 0. The normalized spacial score (nSPS) is 51.0. The van der Waals surface area contributed by atoms with Gasteiger partial charge in [-0.3, -0.25) is 9.59 Å². The predicted octanol–water partition coefficient (Wildman–Crippen LogP) is 6.83. The van der Waals surface area contributed by atoms with Crippen LogP contribution < -0.4 is 0 Å². The van der Waals surface area contributed by atoms with E-state index in [0.29, 0.717) is 11.8 Å². The molecule has 47 heavy (non-hydrogen) atoms. The largest absolute Gasteiger partial charge is 0.372 e. The second-order valence-corrected chi connectivity index (χ2v) is 15.8. The summed E-state index contributed by atoms with van der Waals surface area (Å²) in [7, 11) is 0. The van der Waals surface area contributed by atoms with Crippen LogP contribution in [0.5, 0.6) is 0 Å². The Morgan fingerprint density at radius 1 is 0.447 bits per heavy atom. The Morgan fingerprint density at radius 3 is 1.32 bits per heavy atom. The van der Waals surface area contributed by atoms with Crippen molar-refractivity contribution in [2.75, 3.05) is 0 Å². The highest BCUT2D eigenvalue weighted by molar-refractivity contribution is 5.81. The lowest BCUT2D eigenvalue weighted by Crippen LogP contribution is -2.60. The molecule has 4 rings (SSSR count). The summed E-state index contributed by atoms with van der Waals surface area (Å²) in [5.74, 6) is 1.13. The number of hydrogen-bond acceptors (Lipinski definition) is 9. The van der Waals surface area contributed by atoms with Crippen molar-refractivity contribution >= 4 is 11.6 Å². The van der Waals surface area contributed by atoms with Crippen LogP contribution in [0.15, 0.2) is 0 Å². The summed E-state index contributed by atoms with van der Waals surface area (Å²) >= 11 is 0. The van der Waals surface area contributed by atoms with E-state index >= 15 is 0 Å². The zero-order chi connectivity index (χ0) is 35.1. The molecule has 20 atom stereocenters. The topological polar surface area (TPSA) is 98.8 Å². The third-order valence-corrected chi connectivity index (χ3v) is 13.0. The van der Waals surface area contributed by atoms with E-state index in [2.05, 4.69) is 83.1 Å². The molecule has 4 fully saturated rings. The second-order valence-electron chi connectivity index (χ2n) is 15.8. The van der Waals surface area contributed by atoms with Crippen LogP contribution in [0.1, 0.15) is 110 Å². The van der Waals surface area contributed by atoms with Crippen molar-refractivity contribution in [2.45, 2.75) is 177 Å². The molecule has 9 heteroatoms. The van der Waals surface area contributed by atoms with E-state index in [1.807, 2.05) is 0 Å². The zero-order valence-corrected chi connectivity index (χ0v) is 31.6. The van der Waals surface area contributed by atoms with Crippen LogP contribution >= 0.6 is 0 Å². The number of carbonyl (C=O) groups is 2. The van der Waals surface area contributed by atoms with Crippen LogP contribution in [0.2, 0.25) is 0 Å². The fourth-order valence-electron chi connectivity index (χ4n) is 8.37. The number of carbonyl (C=O) groups excluding carboxylic acids is 2. The van der Waals surface area contributed by atoms with E-state index < -0.39 is 37.2 Å². The van der Waals surface area contributed by atoms with E-state index in [0.717, 1.165) is 12.8 Å². The lowest BCUT2D eigenvalue weighted by molar-refractivity contribution is -0.350. The molecule has 4 heterocycles.